The smallest absolute Gasteiger partial charge is 0.191 e. The van der Waals surface area contributed by atoms with Gasteiger partial charge < -0.3 is 15.6 Å². The summed E-state index contributed by atoms with van der Waals surface area (Å²) in [6.07, 6.45) is 5.36. The van der Waals surface area contributed by atoms with Gasteiger partial charge in [0.15, 0.2) is 5.96 Å². The van der Waals surface area contributed by atoms with E-state index < -0.39 is 0 Å². The van der Waals surface area contributed by atoms with E-state index in [1.807, 2.05) is 30.0 Å². The second kappa shape index (κ2) is 10.2. The Morgan fingerprint density at radius 1 is 1.26 bits per heavy atom. The van der Waals surface area contributed by atoms with Gasteiger partial charge in [0.2, 0.25) is 0 Å². The van der Waals surface area contributed by atoms with Gasteiger partial charge in [-0.1, -0.05) is 12.1 Å². The summed E-state index contributed by atoms with van der Waals surface area (Å²) in [5.41, 5.74) is 2.12. The number of nitrogens with zero attached hydrogens (tertiary/aromatic N) is 2. The summed E-state index contributed by atoms with van der Waals surface area (Å²) in [6.45, 7) is 4.66. The number of nitrogens with one attached hydrogen (secondary N) is 3. The van der Waals surface area contributed by atoms with Gasteiger partial charge in [-0.3, -0.25) is 4.99 Å². The number of guanidine groups is 1. The van der Waals surface area contributed by atoms with E-state index in [0.717, 1.165) is 55.3 Å². The molecule has 0 saturated heterocycles. The fourth-order valence-electron chi connectivity index (χ4n) is 2.31. The number of aliphatic imine (C=N–C) groups is 1. The molecular weight excluding hydrogens is 306 g/mol. The maximum Gasteiger partial charge on any atom is 0.191 e. The molecule has 0 unspecified atom stereocenters. The monoisotopic (exact) mass is 333 g/mol. The van der Waals surface area contributed by atoms with E-state index in [0.29, 0.717) is 0 Å². The zero-order chi connectivity index (χ0) is 16.3. The Balaban J connectivity index is 1.77. The quantitative estimate of drug-likeness (QED) is 0.375. The third-order valence-electron chi connectivity index (χ3n) is 3.46. The van der Waals surface area contributed by atoms with Crippen LogP contribution in [0.15, 0.2) is 29.3 Å². The molecule has 0 amide bonds. The van der Waals surface area contributed by atoms with Crippen molar-refractivity contribution in [3.63, 3.8) is 0 Å². The third kappa shape index (κ3) is 6.14. The number of fused-ring (bicyclic) bond motifs is 1. The Labute approximate surface area is 142 Å². The van der Waals surface area contributed by atoms with Crippen LogP contribution in [0.4, 0.5) is 0 Å². The fourth-order valence-corrected chi connectivity index (χ4v) is 2.81. The summed E-state index contributed by atoms with van der Waals surface area (Å²) >= 11 is 1.89. The SMILES string of the molecule is CCNC(=NCCCCSC)NCCc1nc2ccccc2[nH]1. The molecule has 1 aromatic carbocycles. The zero-order valence-electron chi connectivity index (χ0n) is 14.1. The second-order valence-electron chi connectivity index (χ2n) is 5.34. The average Bonchev–Trinajstić information content (AvgIpc) is 2.97. The number of rotatable bonds is 9. The highest BCUT2D eigenvalue weighted by Crippen LogP contribution is 2.10. The first-order valence-electron chi connectivity index (χ1n) is 8.28. The van der Waals surface area contributed by atoms with Crippen molar-refractivity contribution in [3.8, 4) is 0 Å². The minimum Gasteiger partial charge on any atom is -0.357 e. The minimum atomic E-state index is 0.816. The van der Waals surface area contributed by atoms with Gasteiger partial charge in [-0.2, -0.15) is 11.8 Å². The van der Waals surface area contributed by atoms with Gasteiger partial charge in [-0.25, -0.2) is 4.98 Å². The molecule has 0 aliphatic carbocycles. The Morgan fingerprint density at radius 3 is 2.91 bits per heavy atom. The number of hydrogen-bond acceptors (Lipinski definition) is 3. The van der Waals surface area contributed by atoms with E-state index in [-0.39, 0.29) is 0 Å². The number of hydrogen-bond donors (Lipinski definition) is 3. The van der Waals surface area contributed by atoms with E-state index in [9.17, 15) is 0 Å². The molecule has 0 spiro atoms. The summed E-state index contributed by atoms with van der Waals surface area (Å²) in [7, 11) is 0. The first-order chi connectivity index (χ1) is 11.3. The van der Waals surface area contributed by atoms with Crippen LogP contribution in [0.1, 0.15) is 25.6 Å². The van der Waals surface area contributed by atoms with Crippen molar-refractivity contribution in [1.29, 1.82) is 0 Å². The van der Waals surface area contributed by atoms with Crippen LogP contribution in [0.25, 0.3) is 11.0 Å². The molecule has 5 nitrogen and oxygen atoms in total. The number of unbranched alkanes of at least 4 members (excludes halogenated alkanes) is 1. The molecule has 0 fully saturated rings. The molecule has 2 rings (SSSR count). The largest absolute Gasteiger partial charge is 0.357 e. The molecule has 0 bridgehead atoms. The maximum absolute atomic E-state index is 4.61. The van der Waals surface area contributed by atoms with Crippen molar-refractivity contribution in [2.45, 2.75) is 26.2 Å². The van der Waals surface area contributed by atoms with Gasteiger partial charge in [0, 0.05) is 26.1 Å². The first kappa shape index (κ1) is 17.7. The number of imidazole rings is 1. The number of H-pyrrole nitrogens is 1. The number of benzene rings is 1. The molecule has 3 N–H and O–H groups in total. The van der Waals surface area contributed by atoms with Crippen LogP contribution in [-0.4, -0.2) is 47.6 Å². The highest BCUT2D eigenvalue weighted by atomic mass is 32.2. The molecule has 1 heterocycles. The van der Waals surface area contributed by atoms with Crippen molar-refractivity contribution in [3.05, 3.63) is 30.1 Å². The molecule has 0 saturated carbocycles. The second-order valence-corrected chi connectivity index (χ2v) is 6.32. The molecular formula is C17H27N5S. The summed E-state index contributed by atoms with van der Waals surface area (Å²) < 4.78 is 0. The van der Waals surface area contributed by atoms with Gasteiger partial charge in [0.1, 0.15) is 5.82 Å². The fraction of sp³-hybridized carbons (Fsp3) is 0.529. The van der Waals surface area contributed by atoms with Crippen LogP contribution in [0.3, 0.4) is 0 Å². The number of aromatic amines is 1. The van der Waals surface area contributed by atoms with E-state index in [1.54, 1.807) is 0 Å². The Morgan fingerprint density at radius 2 is 2.13 bits per heavy atom. The van der Waals surface area contributed by atoms with Gasteiger partial charge in [-0.15, -0.1) is 0 Å². The predicted octanol–water partition coefficient (Wildman–Crippen LogP) is 2.80. The molecule has 0 radical (unpaired) electrons. The Bertz CT molecular complexity index is 575. The van der Waals surface area contributed by atoms with Crippen molar-refractivity contribution in [1.82, 2.24) is 20.6 Å². The summed E-state index contributed by atoms with van der Waals surface area (Å²) in [5, 5.41) is 6.67. The van der Waals surface area contributed by atoms with Gasteiger partial charge in [-0.05, 0) is 43.9 Å². The number of para-hydroxylation sites is 2. The van der Waals surface area contributed by atoms with Crippen LogP contribution in [0.5, 0.6) is 0 Å². The standard InChI is InChI=1S/C17H27N5S/c1-3-18-17(19-11-6-7-13-23-2)20-12-10-16-21-14-8-4-5-9-15(14)22-16/h4-5,8-9H,3,6-7,10-13H2,1-2H3,(H,21,22)(H2,18,19,20). The normalized spacial score (nSPS) is 11.8. The Kier molecular flexibility index (Phi) is 7.80. The highest BCUT2D eigenvalue weighted by Gasteiger charge is 2.02. The molecule has 0 aliphatic heterocycles. The molecule has 126 valence electrons. The van der Waals surface area contributed by atoms with Crippen molar-refractivity contribution >= 4 is 28.8 Å². The minimum absolute atomic E-state index is 0.816. The summed E-state index contributed by atoms with van der Waals surface area (Å²) in [6, 6.07) is 8.12. The molecule has 0 atom stereocenters. The number of aromatic nitrogens is 2. The number of thioether (sulfide) groups is 1. The van der Waals surface area contributed by atoms with Gasteiger partial charge in [0.25, 0.3) is 0 Å². The lowest BCUT2D eigenvalue weighted by Crippen LogP contribution is -2.38. The summed E-state index contributed by atoms with van der Waals surface area (Å²) in [4.78, 5) is 12.6. The van der Waals surface area contributed by atoms with E-state index in [2.05, 4.69) is 44.8 Å². The predicted molar refractivity (Wildman–Crippen MR) is 101 cm³/mol. The van der Waals surface area contributed by atoms with Crippen LogP contribution in [-0.2, 0) is 6.42 Å². The lowest BCUT2D eigenvalue weighted by molar-refractivity contribution is 0.761. The lowest BCUT2D eigenvalue weighted by atomic mass is 10.3. The topological polar surface area (TPSA) is 65.1 Å². The van der Waals surface area contributed by atoms with Crippen LogP contribution in [0, 0.1) is 0 Å². The average molecular weight is 334 g/mol. The lowest BCUT2D eigenvalue weighted by Gasteiger charge is -2.10. The van der Waals surface area contributed by atoms with E-state index >= 15 is 0 Å². The molecule has 2 aromatic rings. The van der Waals surface area contributed by atoms with Crippen LogP contribution >= 0.6 is 11.8 Å². The van der Waals surface area contributed by atoms with Crippen molar-refractivity contribution in [2.24, 2.45) is 4.99 Å². The van der Waals surface area contributed by atoms with Crippen LogP contribution in [0.2, 0.25) is 0 Å². The molecule has 23 heavy (non-hydrogen) atoms. The molecule has 0 aliphatic rings. The summed E-state index contributed by atoms with van der Waals surface area (Å²) in [5.74, 6) is 3.12. The van der Waals surface area contributed by atoms with Gasteiger partial charge in [0.05, 0.1) is 11.0 Å². The highest BCUT2D eigenvalue weighted by molar-refractivity contribution is 7.98. The van der Waals surface area contributed by atoms with Crippen LogP contribution < -0.4 is 10.6 Å². The first-order valence-corrected chi connectivity index (χ1v) is 9.67. The van der Waals surface area contributed by atoms with Crippen molar-refractivity contribution < 1.29 is 0 Å². The van der Waals surface area contributed by atoms with Gasteiger partial charge >= 0.3 is 0 Å². The van der Waals surface area contributed by atoms with E-state index in [4.69, 9.17) is 0 Å². The maximum atomic E-state index is 4.61. The third-order valence-corrected chi connectivity index (χ3v) is 4.16. The Hall–Kier alpha value is -1.69. The van der Waals surface area contributed by atoms with E-state index in [1.165, 1.54) is 12.2 Å². The zero-order valence-corrected chi connectivity index (χ0v) is 14.9. The molecule has 6 heteroatoms. The van der Waals surface area contributed by atoms with Crippen molar-refractivity contribution in [2.75, 3.05) is 31.6 Å². The molecule has 1 aromatic heterocycles.